The maximum atomic E-state index is 12.7. The summed E-state index contributed by atoms with van der Waals surface area (Å²) in [7, 11) is 0. The van der Waals surface area contributed by atoms with E-state index in [-0.39, 0.29) is 11.9 Å². The molecule has 1 heterocycles. The fourth-order valence-corrected chi connectivity index (χ4v) is 4.99. The van der Waals surface area contributed by atoms with E-state index < -0.39 is 0 Å². The molecule has 2 aromatic carbocycles. The van der Waals surface area contributed by atoms with Gasteiger partial charge >= 0.3 is 0 Å². The lowest BCUT2D eigenvalue weighted by molar-refractivity contribution is -0.119. The van der Waals surface area contributed by atoms with Crippen molar-refractivity contribution >= 4 is 17.7 Å². The van der Waals surface area contributed by atoms with E-state index in [4.69, 9.17) is 0 Å². The number of fused-ring (bicyclic) bond motifs is 1. The van der Waals surface area contributed by atoms with E-state index in [1.165, 1.54) is 41.3 Å². The van der Waals surface area contributed by atoms with Crippen LogP contribution in [0, 0.1) is 0 Å². The average molecular weight is 419 g/mol. The topological polar surface area (TPSA) is 59.8 Å². The Balaban J connectivity index is 1.26. The SMILES string of the molecule is O=C(CSc1nnc(C2CC2)n1Cc1ccccc1)N[C@H]1CCCc2ccccc21. The first kappa shape index (κ1) is 19.4. The highest BCUT2D eigenvalue weighted by Crippen LogP contribution is 2.40. The van der Waals surface area contributed by atoms with Crippen molar-refractivity contribution in [2.45, 2.75) is 55.8 Å². The minimum Gasteiger partial charge on any atom is -0.349 e. The van der Waals surface area contributed by atoms with Crippen LogP contribution in [0.3, 0.4) is 0 Å². The van der Waals surface area contributed by atoms with E-state index >= 15 is 0 Å². The van der Waals surface area contributed by atoms with Crippen LogP contribution in [0.4, 0.5) is 0 Å². The van der Waals surface area contributed by atoms with Gasteiger partial charge in [0.2, 0.25) is 5.91 Å². The molecule has 1 N–H and O–H groups in total. The van der Waals surface area contributed by atoms with Gasteiger partial charge in [-0.3, -0.25) is 4.79 Å². The number of aryl methyl sites for hydroxylation is 1. The number of carbonyl (C=O) groups is 1. The van der Waals surface area contributed by atoms with Crippen LogP contribution in [-0.4, -0.2) is 26.4 Å². The normalized spacial score (nSPS) is 18.1. The van der Waals surface area contributed by atoms with Crippen molar-refractivity contribution < 1.29 is 4.79 Å². The molecule has 6 heteroatoms. The van der Waals surface area contributed by atoms with Gasteiger partial charge < -0.3 is 9.88 Å². The van der Waals surface area contributed by atoms with Gasteiger partial charge in [-0.05, 0) is 48.8 Å². The molecule has 3 aromatic rings. The van der Waals surface area contributed by atoms with Crippen LogP contribution in [0.1, 0.15) is 60.2 Å². The first-order valence-corrected chi connectivity index (χ1v) is 11.7. The molecule has 1 amide bonds. The smallest absolute Gasteiger partial charge is 0.230 e. The molecule has 0 saturated heterocycles. The fraction of sp³-hybridized carbons (Fsp3) is 0.375. The summed E-state index contributed by atoms with van der Waals surface area (Å²) >= 11 is 1.49. The zero-order valence-corrected chi connectivity index (χ0v) is 17.8. The van der Waals surface area contributed by atoms with Gasteiger partial charge in [0.05, 0.1) is 18.3 Å². The summed E-state index contributed by atoms with van der Waals surface area (Å²) in [6.07, 6.45) is 5.58. The van der Waals surface area contributed by atoms with E-state index in [1.807, 2.05) is 6.07 Å². The number of aromatic nitrogens is 3. The Morgan fingerprint density at radius 2 is 1.83 bits per heavy atom. The van der Waals surface area contributed by atoms with E-state index in [9.17, 15) is 4.79 Å². The molecule has 0 aliphatic heterocycles. The standard InChI is InChI=1S/C24H26N4OS/c29-22(25-21-12-6-10-18-9-4-5-11-20(18)21)16-30-24-27-26-23(19-13-14-19)28(24)15-17-7-2-1-3-8-17/h1-5,7-9,11,19,21H,6,10,12-16H2,(H,25,29)/t21-/m0/s1. The first-order valence-electron chi connectivity index (χ1n) is 10.7. The van der Waals surface area contributed by atoms with Crippen molar-refractivity contribution in [2.24, 2.45) is 0 Å². The lowest BCUT2D eigenvalue weighted by Crippen LogP contribution is -2.32. The summed E-state index contributed by atoms with van der Waals surface area (Å²) in [5.41, 5.74) is 3.85. The summed E-state index contributed by atoms with van der Waals surface area (Å²) in [4.78, 5) is 12.7. The lowest BCUT2D eigenvalue weighted by atomic mass is 9.88. The van der Waals surface area contributed by atoms with E-state index in [0.29, 0.717) is 11.7 Å². The molecule has 1 saturated carbocycles. The van der Waals surface area contributed by atoms with Crippen molar-refractivity contribution in [3.63, 3.8) is 0 Å². The summed E-state index contributed by atoms with van der Waals surface area (Å²) in [6, 6.07) is 19.0. The van der Waals surface area contributed by atoms with Crippen LogP contribution in [0.25, 0.3) is 0 Å². The van der Waals surface area contributed by atoms with Crippen LogP contribution in [0.5, 0.6) is 0 Å². The Morgan fingerprint density at radius 3 is 2.67 bits per heavy atom. The molecular weight excluding hydrogens is 392 g/mol. The minimum absolute atomic E-state index is 0.0592. The predicted molar refractivity (Wildman–Crippen MR) is 119 cm³/mol. The van der Waals surface area contributed by atoms with Gasteiger partial charge in [0.15, 0.2) is 5.16 Å². The van der Waals surface area contributed by atoms with Crippen LogP contribution < -0.4 is 5.32 Å². The van der Waals surface area contributed by atoms with Gasteiger partial charge in [0.25, 0.3) is 0 Å². The number of benzene rings is 2. The number of thioether (sulfide) groups is 1. The average Bonchev–Trinajstić information content (AvgIpc) is 3.55. The Morgan fingerprint density at radius 1 is 1.03 bits per heavy atom. The molecule has 5 rings (SSSR count). The van der Waals surface area contributed by atoms with Crippen molar-refractivity contribution in [1.29, 1.82) is 0 Å². The highest BCUT2D eigenvalue weighted by atomic mass is 32.2. The highest BCUT2D eigenvalue weighted by Gasteiger charge is 2.30. The Kier molecular flexibility index (Phi) is 5.58. The second-order valence-electron chi connectivity index (χ2n) is 8.19. The largest absolute Gasteiger partial charge is 0.349 e. The molecule has 0 radical (unpaired) electrons. The lowest BCUT2D eigenvalue weighted by Gasteiger charge is -2.26. The highest BCUT2D eigenvalue weighted by molar-refractivity contribution is 7.99. The molecule has 0 spiro atoms. The quantitative estimate of drug-likeness (QED) is 0.575. The van der Waals surface area contributed by atoms with E-state index in [1.54, 1.807) is 0 Å². The van der Waals surface area contributed by atoms with Crippen LogP contribution in [0.15, 0.2) is 59.8 Å². The third-order valence-electron chi connectivity index (χ3n) is 5.91. The zero-order chi connectivity index (χ0) is 20.3. The van der Waals surface area contributed by atoms with Crippen LogP contribution >= 0.6 is 11.8 Å². The van der Waals surface area contributed by atoms with Gasteiger partial charge in [0.1, 0.15) is 5.82 Å². The van der Waals surface area contributed by atoms with Gasteiger partial charge in [0, 0.05) is 5.92 Å². The van der Waals surface area contributed by atoms with Gasteiger partial charge in [-0.1, -0.05) is 66.4 Å². The molecule has 154 valence electrons. The Bertz CT molecular complexity index is 1030. The molecule has 2 aliphatic rings. The molecule has 1 aromatic heterocycles. The number of hydrogen-bond donors (Lipinski definition) is 1. The molecule has 5 nitrogen and oxygen atoms in total. The molecule has 30 heavy (non-hydrogen) atoms. The van der Waals surface area contributed by atoms with Crippen molar-refractivity contribution in [3.05, 3.63) is 77.1 Å². The number of carbonyl (C=O) groups excluding carboxylic acids is 1. The summed E-state index contributed by atoms with van der Waals surface area (Å²) in [5.74, 6) is 1.99. The van der Waals surface area contributed by atoms with E-state index in [0.717, 1.165) is 36.8 Å². The van der Waals surface area contributed by atoms with Crippen molar-refractivity contribution in [2.75, 3.05) is 5.75 Å². The molecular formula is C24H26N4OS. The third-order valence-corrected chi connectivity index (χ3v) is 6.88. The predicted octanol–water partition coefficient (Wildman–Crippen LogP) is 4.49. The third kappa shape index (κ3) is 4.29. The summed E-state index contributed by atoms with van der Waals surface area (Å²) in [6.45, 7) is 0.750. The summed E-state index contributed by atoms with van der Waals surface area (Å²) < 4.78 is 2.20. The fourth-order valence-electron chi connectivity index (χ4n) is 4.23. The molecule has 0 bridgehead atoms. The number of nitrogens with one attached hydrogen (secondary N) is 1. The maximum Gasteiger partial charge on any atom is 0.230 e. The maximum absolute atomic E-state index is 12.7. The molecule has 1 fully saturated rings. The molecule has 2 aliphatic carbocycles. The van der Waals surface area contributed by atoms with Gasteiger partial charge in [-0.15, -0.1) is 10.2 Å². The van der Waals surface area contributed by atoms with Crippen LogP contribution in [0.2, 0.25) is 0 Å². The second-order valence-corrected chi connectivity index (χ2v) is 9.13. The Labute approximate surface area is 181 Å². The molecule has 1 atom stereocenters. The van der Waals surface area contributed by atoms with Crippen LogP contribution in [-0.2, 0) is 17.8 Å². The van der Waals surface area contributed by atoms with Gasteiger partial charge in [-0.2, -0.15) is 0 Å². The molecule has 0 unspecified atom stereocenters. The number of rotatable bonds is 7. The van der Waals surface area contributed by atoms with Crippen molar-refractivity contribution in [3.8, 4) is 0 Å². The zero-order valence-electron chi connectivity index (χ0n) is 17.0. The Hall–Kier alpha value is -2.60. The van der Waals surface area contributed by atoms with E-state index in [2.05, 4.69) is 68.6 Å². The number of hydrogen-bond acceptors (Lipinski definition) is 4. The monoisotopic (exact) mass is 418 g/mol. The second kappa shape index (κ2) is 8.64. The number of nitrogens with zero attached hydrogens (tertiary/aromatic N) is 3. The van der Waals surface area contributed by atoms with Crippen molar-refractivity contribution in [1.82, 2.24) is 20.1 Å². The summed E-state index contributed by atoms with van der Waals surface area (Å²) in [5, 5.41) is 13.0. The minimum atomic E-state index is 0.0592. The van der Waals surface area contributed by atoms with Gasteiger partial charge in [-0.25, -0.2) is 0 Å². The number of amides is 1. The first-order chi connectivity index (χ1) is 14.8.